The molecule has 0 unspecified atom stereocenters. The molecule has 0 amide bonds. The van der Waals surface area contributed by atoms with Crippen molar-refractivity contribution in [2.75, 3.05) is 54.8 Å². The van der Waals surface area contributed by atoms with Gasteiger partial charge in [0.2, 0.25) is 10.0 Å². The maximum Gasteiger partial charge on any atom is 0.274 e. The Morgan fingerprint density at radius 3 is 2.46 bits per heavy atom. The van der Waals surface area contributed by atoms with Gasteiger partial charge in [-0.25, -0.2) is 18.4 Å². The second-order valence-electron chi connectivity index (χ2n) is 11.2. The summed E-state index contributed by atoms with van der Waals surface area (Å²) in [6.07, 6.45) is 4.85. The quantitative estimate of drug-likeness (QED) is 0.409. The zero-order chi connectivity index (χ0) is 27.6. The number of rotatable bonds is 9. The lowest BCUT2D eigenvalue weighted by Gasteiger charge is -2.35. The average molecular weight is 574 g/mol. The lowest BCUT2D eigenvalue weighted by atomic mass is 10.0. The van der Waals surface area contributed by atoms with E-state index in [-0.39, 0.29) is 11.9 Å². The minimum Gasteiger partial charge on any atom is -0.467 e. The summed E-state index contributed by atoms with van der Waals surface area (Å²) in [4.78, 5) is 13.8. The monoisotopic (exact) mass is 573 g/mol. The number of fused-ring (bicyclic) bond motifs is 1. The molecule has 0 saturated carbocycles. The topological polar surface area (TPSA) is 99.1 Å². The van der Waals surface area contributed by atoms with E-state index in [0.29, 0.717) is 44.2 Å². The highest BCUT2D eigenvalue weighted by Gasteiger charge is 2.28. The number of pyridine rings is 1. The van der Waals surface area contributed by atoms with E-state index < -0.39 is 15.6 Å². The first-order valence-corrected chi connectivity index (χ1v) is 16.2. The van der Waals surface area contributed by atoms with Crippen molar-refractivity contribution >= 4 is 43.1 Å². The van der Waals surface area contributed by atoms with E-state index in [1.54, 1.807) is 29.5 Å². The highest BCUT2D eigenvalue weighted by atomic mass is 32.2. The van der Waals surface area contributed by atoms with Crippen LogP contribution in [-0.2, 0) is 10.0 Å². The van der Waals surface area contributed by atoms with E-state index in [0.717, 1.165) is 47.7 Å². The number of aryl methyl sites for hydroxylation is 1. The molecule has 0 spiro atoms. The van der Waals surface area contributed by atoms with Crippen LogP contribution in [0.2, 0.25) is 0 Å². The van der Waals surface area contributed by atoms with Crippen molar-refractivity contribution in [3.8, 4) is 5.19 Å². The van der Waals surface area contributed by atoms with Gasteiger partial charge in [0.1, 0.15) is 11.9 Å². The molecule has 0 atom stereocenters. The van der Waals surface area contributed by atoms with Crippen molar-refractivity contribution in [1.29, 1.82) is 0 Å². The molecular weight excluding hydrogens is 534 g/mol. The van der Waals surface area contributed by atoms with Crippen LogP contribution in [0.1, 0.15) is 45.1 Å². The minimum atomic E-state index is -3.31. The van der Waals surface area contributed by atoms with Crippen LogP contribution in [0.3, 0.4) is 0 Å². The number of aliphatic hydroxyl groups is 1. The van der Waals surface area contributed by atoms with E-state index in [2.05, 4.69) is 46.0 Å². The number of piperazine rings is 1. The molecule has 212 valence electrons. The Morgan fingerprint density at radius 1 is 1.05 bits per heavy atom. The zero-order valence-electron chi connectivity index (χ0n) is 23.0. The molecule has 39 heavy (non-hydrogen) atoms. The average Bonchev–Trinajstić information content (AvgIpc) is 3.30. The highest BCUT2D eigenvalue weighted by Crippen LogP contribution is 2.33. The van der Waals surface area contributed by atoms with Gasteiger partial charge in [0.05, 0.1) is 21.6 Å². The Morgan fingerprint density at radius 2 is 1.79 bits per heavy atom. The Labute approximate surface area is 235 Å². The van der Waals surface area contributed by atoms with E-state index in [4.69, 9.17) is 9.72 Å². The number of piperidine rings is 1. The number of hydrogen-bond donors (Lipinski definition) is 1. The maximum absolute atomic E-state index is 12.8. The third-order valence-corrected chi connectivity index (χ3v) is 10.3. The van der Waals surface area contributed by atoms with Crippen molar-refractivity contribution in [3.05, 3.63) is 42.1 Å². The van der Waals surface area contributed by atoms with Crippen molar-refractivity contribution < 1.29 is 18.3 Å². The Bertz CT molecular complexity index is 1350. The van der Waals surface area contributed by atoms with E-state index in [9.17, 15) is 13.5 Å². The Kier molecular flexibility index (Phi) is 8.32. The SMILES string of the molecule is Cc1ccc(N2CCC(Oc3nc4ccc(N5CCN(S(=O)(=O)CCCC(C)(C)O)CC5)cc4s3)CC2)nc1. The summed E-state index contributed by atoms with van der Waals surface area (Å²) in [5.74, 6) is 1.10. The normalized spacial score (nSPS) is 18.2. The summed E-state index contributed by atoms with van der Waals surface area (Å²) in [5, 5.41) is 10.6. The molecule has 0 aliphatic carbocycles. The first kappa shape index (κ1) is 28.1. The summed E-state index contributed by atoms with van der Waals surface area (Å²) >= 11 is 1.57. The molecule has 3 aromatic rings. The fourth-order valence-corrected chi connectivity index (χ4v) is 7.57. The molecular formula is C28H39N5O4S2. The second-order valence-corrected chi connectivity index (χ2v) is 14.3. The maximum atomic E-state index is 12.8. The van der Waals surface area contributed by atoms with Gasteiger partial charge < -0.3 is 19.6 Å². The van der Waals surface area contributed by atoms with E-state index >= 15 is 0 Å². The van der Waals surface area contributed by atoms with Crippen LogP contribution in [-0.4, -0.2) is 84.5 Å². The smallest absolute Gasteiger partial charge is 0.274 e. The Hall–Kier alpha value is -2.47. The van der Waals surface area contributed by atoms with Crippen molar-refractivity contribution in [3.63, 3.8) is 0 Å². The number of sulfonamides is 1. The van der Waals surface area contributed by atoms with Crippen LogP contribution < -0.4 is 14.5 Å². The summed E-state index contributed by atoms with van der Waals surface area (Å²) in [6, 6.07) is 10.4. The number of hydrogen-bond acceptors (Lipinski definition) is 9. The molecule has 1 N–H and O–H groups in total. The van der Waals surface area contributed by atoms with Gasteiger partial charge >= 0.3 is 0 Å². The predicted molar refractivity (Wildman–Crippen MR) is 158 cm³/mol. The molecule has 2 aromatic heterocycles. The summed E-state index contributed by atoms with van der Waals surface area (Å²) in [5.41, 5.74) is 2.33. The lowest BCUT2D eigenvalue weighted by Crippen LogP contribution is -2.49. The number of thiazole rings is 1. The molecule has 1 aromatic carbocycles. The minimum absolute atomic E-state index is 0.0778. The highest BCUT2D eigenvalue weighted by molar-refractivity contribution is 7.89. The van der Waals surface area contributed by atoms with Crippen LogP contribution in [0.5, 0.6) is 5.19 Å². The molecule has 2 saturated heterocycles. The zero-order valence-corrected chi connectivity index (χ0v) is 24.7. The number of anilines is 2. The van der Waals surface area contributed by atoms with Gasteiger partial charge in [-0.15, -0.1) is 0 Å². The van der Waals surface area contributed by atoms with Gasteiger partial charge in [0.25, 0.3) is 5.19 Å². The second kappa shape index (κ2) is 11.6. The molecule has 0 bridgehead atoms. The van der Waals surface area contributed by atoms with Gasteiger partial charge in [-0.3, -0.25) is 0 Å². The third kappa shape index (κ3) is 7.19. The fourth-order valence-electron chi connectivity index (χ4n) is 5.17. The first-order chi connectivity index (χ1) is 18.6. The molecule has 0 radical (unpaired) electrons. The third-order valence-electron chi connectivity index (χ3n) is 7.47. The summed E-state index contributed by atoms with van der Waals surface area (Å²) in [7, 11) is -3.31. The number of ether oxygens (including phenoxy) is 1. The van der Waals surface area contributed by atoms with Crippen molar-refractivity contribution in [1.82, 2.24) is 14.3 Å². The van der Waals surface area contributed by atoms with Crippen molar-refractivity contribution in [2.24, 2.45) is 0 Å². The molecule has 4 heterocycles. The van der Waals surface area contributed by atoms with Crippen LogP contribution in [0.25, 0.3) is 10.2 Å². The van der Waals surface area contributed by atoms with Gasteiger partial charge in [0, 0.05) is 64.0 Å². The standard InChI is InChI=1S/C28H39N5O4S2/c1-21-5-8-26(29-20-21)32-12-9-23(10-13-32)37-27-30-24-7-6-22(19-25(24)38-27)31-14-16-33(17-15-31)39(35,36)18-4-11-28(2,3)34/h5-8,19-20,23,34H,4,9-18H2,1-3H3. The number of benzene rings is 1. The lowest BCUT2D eigenvalue weighted by molar-refractivity contribution is 0.0704. The van der Waals surface area contributed by atoms with E-state index in [1.165, 1.54) is 5.56 Å². The van der Waals surface area contributed by atoms with Gasteiger partial charge in [-0.1, -0.05) is 17.4 Å². The van der Waals surface area contributed by atoms with Gasteiger partial charge in [0.15, 0.2) is 0 Å². The van der Waals surface area contributed by atoms with Crippen molar-refractivity contribution in [2.45, 2.75) is 58.2 Å². The Balaban J connectivity index is 1.13. The number of nitrogens with zero attached hydrogens (tertiary/aromatic N) is 5. The molecule has 11 heteroatoms. The fraction of sp³-hybridized carbons (Fsp3) is 0.571. The predicted octanol–water partition coefficient (Wildman–Crippen LogP) is 4.05. The molecule has 2 aliphatic rings. The van der Waals surface area contributed by atoms with Gasteiger partial charge in [-0.2, -0.15) is 4.31 Å². The van der Waals surface area contributed by atoms with E-state index in [1.807, 2.05) is 12.3 Å². The van der Waals surface area contributed by atoms with Gasteiger partial charge in [-0.05, 0) is 63.4 Å². The van der Waals surface area contributed by atoms with Crippen LogP contribution >= 0.6 is 11.3 Å². The molecule has 2 aliphatic heterocycles. The van der Waals surface area contributed by atoms with Crippen LogP contribution in [0.4, 0.5) is 11.5 Å². The number of aromatic nitrogens is 2. The summed E-state index contributed by atoms with van der Waals surface area (Å²) in [6.45, 7) is 9.53. The first-order valence-electron chi connectivity index (χ1n) is 13.8. The molecule has 5 rings (SSSR count). The molecule has 9 nitrogen and oxygen atoms in total. The molecule has 2 fully saturated rings. The largest absolute Gasteiger partial charge is 0.467 e. The van der Waals surface area contributed by atoms with Crippen LogP contribution in [0, 0.1) is 6.92 Å². The summed E-state index contributed by atoms with van der Waals surface area (Å²) < 4.78 is 34.5. The van der Waals surface area contributed by atoms with Crippen LogP contribution in [0.15, 0.2) is 36.5 Å².